The quantitative estimate of drug-likeness (QED) is 0.688. The van der Waals surface area contributed by atoms with Crippen molar-refractivity contribution < 1.29 is 14.6 Å². The summed E-state index contributed by atoms with van der Waals surface area (Å²) in [7, 11) is 1.46. The normalized spacial score (nSPS) is 8.87. The summed E-state index contributed by atoms with van der Waals surface area (Å²) in [6.07, 6.45) is 1.22. The van der Waals surface area contributed by atoms with Crippen LogP contribution >= 0.6 is 0 Å². The Kier molecular flexibility index (Phi) is 3.52. The van der Waals surface area contributed by atoms with E-state index >= 15 is 0 Å². The smallest absolute Gasteiger partial charge is 0.315 e. The SMILES string of the molecule is COc1ncc(N)cc1C#CCC(=O)O. The van der Waals surface area contributed by atoms with Gasteiger partial charge >= 0.3 is 5.97 Å². The van der Waals surface area contributed by atoms with Gasteiger partial charge in [-0.2, -0.15) is 0 Å². The molecular formula is C10H10N2O3. The lowest BCUT2D eigenvalue weighted by Crippen LogP contribution is -1.95. The molecule has 1 rings (SSSR count). The number of pyridine rings is 1. The van der Waals surface area contributed by atoms with Crippen LogP contribution in [-0.4, -0.2) is 23.2 Å². The number of ether oxygens (including phenoxy) is 1. The molecule has 0 unspecified atom stereocenters. The van der Waals surface area contributed by atoms with Crippen LogP contribution in [0.15, 0.2) is 12.3 Å². The highest BCUT2D eigenvalue weighted by molar-refractivity contribution is 5.70. The van der Waals surface area contributed by atoms with Crippen LogP contribution in [-0.2, 0) is 4.79 Å². The van der Waals surface area contributed by atoms with E-state index in [0.29, 0.717) is 17.1 Å². The molecule has 0 aliphatic carbocycles. The Bertz CT molecular complexity index is 432. The van der Waals surface area contributed by atoms with Gasteiger partial charge in [0.05, 0.1) is 24.6 Å². The summed E-state index contributed by atoms with van der Waals surface area (Å²) in [5, 5.41) is 8.40. The van der Waals surface area contributed by atoms with E-state index in [9.17, 15) is 4.79 Å². The maximum atomic E-state index is 10.2. The molecule has 0 aromatic carbocycles. The van der Waals surface area contributed by atoms with Crippen LogP contribution in [0.1, 0.15) is 12.0 Å². The van der Waals surface area contributed by atoms with Crippen molar-refractivity contribution in [3.05, 3.63) is 17.8 Å². The monoisotopic (exact) mass is 206 g/mol. The standard InChI is InChI=1S/C10H10N2O3/c1-15-10-7(3-2-4-9(13)14)5-8(11)6-12-10/h5-6H,4,11H2,1H3,(H,13,14). The lowest BCUT2D eigenvalue weighted by Gasteiger charge is -2.01. The summed E-state index contributed by atoms with van der Waals surface area (Å²) in [6, 6.07) is 1.58. The Morgan fingerprint density at radius 3 is 3.07 bits per heavy atom. The van der Waals surface area contributed by atoms with Crippen molar-refractivity contribution in [1.29, 1.82) is 0 Å². The zero-order valence-electron chi connectivity index (χ0n) is 8.15. The van der Waals surface area contributed by atoms with Gasteiger partial charge in [-0.05, 0) is 6.07 Å². The molecule has 1 heterocycles. The molecule has 1 aromatic heterocycles. The number of nitrogens with zero attached hydrogens (tertiary/aromatic N) is 1. The van der Waals surface area contributed by atoms with E-state index < -0.39 is 5.97 Å². The summed E-state index contributed by atoms with van der Waals surface area (Å²) in [4.78, 5) is 14.1. The topological polar surface area (TPSA) is 85.4 Å². The fourth-order valence-electron chi connectivity index (χ4n) is 0.936. The number of aromatic nitrogens is 1. The molecule has 0 aliphatic heterocycles. The van der Waals surface area contributed by atoms with Gasteiger partial charge in [0.1, 0.15) is 6.42 Å². The first kappa shape index (κ1) is 10.9. The third-order valence-electron chi connectivity index (χ3n) is 1.53. The molecule has 0 saturated heterocycles. The molecule has 0 amide bonds. The molecule has 78 valence electrons. The van der Waals surface area contributed by atoms with E-state index in [-0.39, 0.29) is 6.42 Å². The summed E-state index contributed by atoms with van der Waals surface area (Å²) in [6.45, 7) is 0. The van der Waals surface area contributed by atoms with Gasteiger partial charge in [-0.15, -0.1) is 0 Å². The van der Waals surface area contributed by atoms with Gasteiger partial charge in [0.25, 0.3) is 0 Å². The Labute approximate surface area is 86.9 Å². The van der Waals surface area contributed by atoms with E-state index in [2.05, 4.69) is 16.8 Å². The highest BCUT2D eigenvalue weighted by Gasteiger charge is 2.01. The number of nitrogens with two attached hydrogens (primary N) is 1. The number of carboxylic acid groups (broad SMARTS) is 1. The molecule has 1 aromatic rings. The van der Waals surface area contributed by atoms with Crippen molar-refractivity contribution in [3.63, 3.8) is 0 Å². The van der Waals surface area contributed by atoms with Gasteiger partial charge in [-0.25, -0.2) is 4.98 Å². The van der Waals surface area contributed by atoms with Crippen LogP contribution < -0.4 is 10.5 Å². The number of carbonyl (C=O) groups is 1. The average Bonchev–Trinajstić information content (AvgIpc) is 2.17. The highest BCUT2D eigenvalue weighted by Crippen LogP contribution is 2.15. The minimum atomic E-state index is -0.974. The number of anilines is 1. The minimum absolute atomic E-state index is 0.224. The number of hydrogen-bond donors (Lipinski definition) is 2. The highest BCUT2D eigenvalue weighted by atomic mass is 16.5. The number of nitrogen functional groups attached to an aromatic ring is 1. The van der Waals surface area contributed by atoms with Gasteiger partial charge < -0.3 is 15.6 Å². The molecule has 0 aliphatic rings. The van der Waals surface area contributed by atoms with Crippen LogP contribution in [0.4, 0.5) is 5.69 Å². The molecule has 3 N–H and O–H groups in total. The van der Waals surface area contributed by atoms with Crippen molar-refractivity contribution in [3.8, 4) is 17.7 Å². The molecule has 15 heavy (non-hydrogen) atoms. The summed E-state index contributed by atoms with van der Waals surface area (Å²) < 4.78 is 4.94. The summed E-state index contributed by atoms with van der Waals surface area (Å²) in [5.41, 5.74) is 6.45. The van der Waals surface area contributed by atoms with E-state index in [4.69, 9.17) is 15.6 Å². The predicted molar refractivity (Wildman–Crippen MR) is 54.3 cm³/mol. The van der Waals surface area contributed by atoms with Crippen molar-refractivity contribution in [2.45, 2.75) is 6.42 Å². The second-order valence-corrected chi connectivity index (χ2v) is 2.70. The molecule has 0 saturated carbocycles. The van der Waals surface area contributed by atoms with Crippen molar-refractivity contribution in [1.82, 2.24) is 4.98 Å². The van der Waals surface area contributed by atoms with Crippen LogP contribution in [0, 0.1) is 11.8 Å². The van der Waals surface area contributed by atoms with E-state index in [0.717, 1.165) is 0 Å². The van der Waals surface area contributed by atoms with Gasteiger partial charge in [0.15, 0.2) is 0 Å². The van der Waals surface area contributed by atoms with E-state index in [1.54, 1.807) is 6.07 Å². The molecule has 5 nitrogen and oxygen atoms in total. The van der Waals surface area contributed by atoms with Gasteiger partial charge in [-0.3, -0.25) is 4.79 Å². The zero-order valence-corrected chi connectivity index (χ0v) is 8.15. The predicted octanol–water partition coefficient (Wildman–Crippen LogP) is 0.499. The van der Waals surface area contributed by atoms with Crippen LogP contribution in [0.2, 0.25) is 0 Å². The number of methoxy groups -OCH3 is 1. The number of aliphatic carboxylic acids is 1. The lowest BCUT2D eigenvalue weighted by atomic mass is 10.2. The van der Waals surface area contributed by atoms with Crippen LogP contribution in [0.3, 0.4) is 0 Å². The Morgan fingerprint density at radius 1 is 1.73 bits per heavy atom. The number of hydrogen-bond acceptors (Lipinski definition) is 4. The number of carboxylic acids is 1. The average molecular weight is 206 g/mol. The first-order chi connectivity index (χ1) is 7.13. The maximum Gasteiger partial charge on any atom is 0.315 e. The Hall–Kier alpha value is -2.22. The molecule has 0 radical (unpaired) electrons. The third kappa shape index (κ3) is 3.19. The Balaban J connectivity index is 2.94. The first-order valence-corrected chi connectivity index (χ1v) is 4.13. The minimum Gasteiger partial charge on any atom is -0.481 e. The first-order valence-electron chi connectivity index (χ1n) is 4.13. The second-order valence-electron chi connectivity index (χ2n) is 2.70. The van der Waals surface area contributed by atoms with Gasteiger partial charge in [0, 0.05) is 0 Å². The molecule has 0 spiro atoms. The molecule has 0 atom stereocenters. The Morgan fingerprint density at radius 2 is 2.47 bits per heavy atom. The molecule has 0 bridgehead atoms. The largest absolute Gasteiger partial charge is 0.481 e. The van der Waals surface area contributed by atoms with Crippen molar-refractivity contribution in [2.24, 2.45) is 0 Å². The zero-order chi connectivity index (χ0) is 11.3. The molecule has 0 fully saturated rings. The van der Waals surface area contributed by atoms with Crippen LogP contribution in [0.5, 0.6) is 5.88 Å². The molecular weight excluding hydrogens is 196 g/mol. The summed E-state index contributed by atoms with van der Waals surface area (Å²) in [5.74, 6) is 4.48. The van der Waals surface area contributed by atoms with E-state index in [1.165, 1.54) is 13.3 Å². The van der Waals surface area contributed by atoms with Crippen molar-refractivity contribution >= 4 is 11.7 Å². The van der Waals surface area contributed by atoms with Gasteiger partial charge in [0.2, 0.25) is 5.88 Å². The van der Waals surface area contributed by atoms with Crippen molar-refractivity contribution in [2.75, 3.05) is 12.8 Å². The summed E-state index contributed by atoms with van der Waals surface area (Å²) >= 11 is 0. The van der Waals surface area contributed by atoms with Crippen LogP contribution in [0.25, 0.3) is 0 Å². The van der Waals surface area contributed by atoms with E-state index in [1.807, 2.05) is 0 Å². The second kappa shape index (κ2) is 4.86. The fraction of sp³-hybridized carbons (Fsp3) is 0.200. The fourth-order valence-corrected chi connectivity index (χ4v) is 0.936. The third-order valence-corrected chi connectivity index (χ3v) is 1.53. The number of rotatable bonds is 2. The lowest BCUT2D eigenvalue weighted by molar-refractivity contribution is -0.135. The molecule has 5 heteroatoms. The van der Waals surface area contributed by atoms with Gasteiger partial charge in [-0.1, -0.05) is 11.8 Å². The maximum absolute atomic E-state index is 10.2.